The first-order valence-corrected chi connectivity index (χ1v) is 18.8. The van der Waals surface area contributed by atoms with Gasteiger partial charge < -0.3 is 9.47 Å². The van der Waals surface area contributed by atoms with Gasteiger partial charge in [-0.25, -0.2) is 8.93 Å². The minimum Gasteiger partial charge on any atom is -0.353 e. The molecule has 1 aliphatic rings. The molecule has 0 saturated carbocycles. The van der Waals surface area contributed by atoms with Crippen LogP contribution in [0.3, 0.4) is 0 Å². The number of rotatable bonds is 14. The average molecular weight is 592 g/mol. The van der Waals surface area contributed by atoms with E-state index in [2.05, 4.69) is 123 Å². The Morgan fingerprint density at radius 1 is 0.927 bits per heavy atom. The van der Waals surface area contributed by atoms with E-state index in [0.717, 1.165) is 51.2 Å². The Hall–Kier alpha value is -2.09. The normalized spacial score (nSPS) is 18.5. The van der Waals surface area contributed by atoms with E-state index in [0.29, 0.717) is 6.61 Å². The van der Waals surface area contributed by atoms with E-state index in [-0.39, 0.29) is 22.6 Å². The highest BCUT2D eigenvalue weighted by molar-refractivity contribution is 7.84. The first-order valence-electron chi connectivity index (χ1n) is 15.4. The number of nitrogens with one attached hydrogen (secondary N) is 1. The van der Waals surface area contributed by atoms with Gasteiger partial charge in [0.05, 0.1) is 22.3 Å². The Bertz CT molecular complexity index is 1140. The monoisotopic (exact) mass is 591 g/mol. The van der Waals surface area contributed by atoms with Gasteiger partial charge in [0.1, 0.15) is 8.07 Å². The summed E-state index contributed by atoms with van der Waals surface area (Å²) < 4.78 is 29.7. The molecule has 0 radical (unpaired) electrons. The van der Waals surface area contributed by atoms with E-state index in [1.54, 1.807) is 0 Å². The van der Waals surface area contributed by atoms with E-state index in [4.69, 9.17) is 9.47 Å². The number of hydrogen-bond acceptors (Lipinski definition) is 3. The molecule has 4 atom stereocenters. The van der Waals surface area contributed by atoms with Gasteiger partial charge in [-0.3, -0.25) is 0 Å². The predicted molar refractivity (Wildman–Crippen MR) is 176 cm³/mol. The smallest absolute Gasteiger partial charge is 0.157 e. The number of benzene rings is 3. The molecule has 1 fully saturated rings. The summed E-state index contributed by atoms with van der Waals surface area (Å²) in [7, 11) is -3.76. The van der Waals surface area contributed by atoms with E-state index in [1.807, 2.05) is 0 Å². The summed E-state index contributed by atoms with van der Waals surface area (Å²) in [6.45, 7) is 9.85. The van der Waals surface area contributed by atoms with Gasteiger partial charge >= 0.3 is 0 Å². The molecule has 4 nitrogen and oxygen atoms in total. The fourth-order valence-corrected chi connectivity index (χ4v) is 13.4. The zero-order chi connectivity index (χ0) is 29.1. The quantitative estimate of drug-likeness (QED) is 0.220. The minimum absolute atomic E-state index is 0.0987. The van der Waals surface area contributed by atoms with Crippen LogP contribution in [-0.4, -0.2) is 42.2 Å². The molecular weight excluding hydrogens is 543 g/mol. The number of hydrogen-bond donors (Lipinski definition) is 1. The maximum atomic E-state index is 13.7. The van der Waals surface area contributed by atoms with Gasteiger partial charge in [0.25, 0.3) is 0 Å². The van der Waals surface area contributed by atoms with Crippen molar-refractivity contribution in [3.05, 3.63) is 96.6 Å². The lowest BCUT2D eigenvalue weighted by molar-refractivity contribution is -0.168. The van der Waals surface area contributed by atoms with Gasteiger partial charge in [0.15, 0.2) is 6.29 Å². The first-order chi connectivity index (χ1) is 19.8. The van der Waals surface area contributed by atoms with Crippen molar-refractivity contribution in [2.45, 2.75) is 89.0 Å². The first kappa shape index (κ1) is 31.8. The van der Waals surface area contributed by atoms with Gasteiger partial charge in [-0.15, -0.1) is 0 Å². The van der Waals surface area contributed by atoms with E-state index < -0.39 is 19.1 Å². The Morgan fingerprint density at radius 2 is 1.51 bits per heavy atom. The van der Waals surface area contributed by atoms with Crippen molar-refractivity contribution in [3.8, 4) is 0 Å². The summed E-state index contributed by atoms with van der Waals surface area (Å²) in [5.74, 6) is 0.277. The van der Waals surface area contributed by atoms with Crippen molar-refractivity contribution in [3.63, 3.8) is 0 Å². The van der Waals surface area contributed by atoms with E-state index in [1.165, 1.54) is 15.9 Å². The fourth-order valence-electron chi connectivity index (χ4n) is 6.10. The van der Waals surface area contributed by atoms with Crippen LogP contribution in [0.15, 0.2) is 91.0 Å². The molecule has 222 valence electrons. The van der Waals surface area contributed by atoms with Crippen LogP contribution in [0.25, 0.3) is 0 Å². The molecule has 1 aliphatic heterocycles. The fraction of sp³-hybridized carbons (Fsp3) is 0.486. The Morgan fingerprint density at radius 3 is 2.02 bits per heavy atom. The van der Waals surface area contributed by atoms with Crippen molar-refractivity contribution < 1.29 is 13.7 Å². The second kappa shape index (κ2) is 15.4. The van der Waals surface area contributed by atoms with Gasteiger partial charge in [-0.05, 0) is 70.4 Å². The van der Waals surface area contributed by atoms with Gasteiger partial charge in [-0.1, -0.05) is 115 Å². The summed E-state index contributed by atoms with van der Waals surface area (Å²) >= 11 is 0. The molecule has 0 spiro atoms. The molecule has 1 heterocycles. The highest BCUT2D eigenvalue weighted by atomic mass is 32.2. The molecule has 3 aromatic carbocycles. The second-order valence-electron chi connectivity index (χ2n) is 12.4. The molecule has 3 aromatic rings. The Kier molecular flexibility index (Phi) is 12.0. The maximum absolute atomic E-state index is 13.7. The zero-order valence-corrected chi connectivity index (χ0v) is 27.2. The largest absolute Gasteiger partial charge is 0.353 e. The molecule has 3 unspecified atom stereocenters. The van der Waals surface area contributed by atoms with Crippen molar-refractivity contribution in [1.82, 2.24) is 4.72 Å². The third-order valence-corrected chi connectivity index (χ3v) is 15.6. The van der Waals surface area contributed by atoms with Gasteiger partial charge in [-0.2, -0.15) is 0 Å². The highest BCUT2D eigenvalue weighted by Gasteiger charge is 2.47. The molecule has 41 heavy (non-hydrogen) atoms. The van der Waals surface area contributed by atoms with Crippen LogP contribution >= 0.6 is 0 Å². The third-order valence-electron chi connectivity index (χ3n) is 8.19. The molecule has 0 bridgehead atoms. The maximum Gasteiger partial charge on any atom is 0.157 e. The van der Waals surface area contributed by atoms with Gasteiger partial charge in [0, 0.05) is 12.3 Å². The van der Waals surface area contributed by atoms with Crippen LogP contribution in [0, 0.1) is 5.92 Å². The van der Waals surface area contributed by atoms with E-state index >= 15 is 0 Å². The molecule has 0 amide bonds. The highest BCUT2D eigenvalue weighted by Crippen LogP contribution is 2.29. The number of ether oxygens (including phenoxy) is 2. The lowest BCUT2D eigenvalue weighted by atomic mass is 10.0. The molecule has 4 rings (SSSR count). The Labute approximate surface area is 251 Å². The zero-order valence-electron chi connectivity index (χ0n) is 25.4. The summed E-state index contributed by atoms with van der Waals surface area (Å²) in [6.07, 6.45) is 6.02. The lowest BCUT2D eigenvalue weighted by Crippen LogP contribution is -2.71. The van der Waals surface area contributed by atoms with Crippen molar-refractivity contribution in [1.29, 1.82) is 0 Å². The second-order valence-corrected chi connectivity index (χ2v) is 18.6. The van der Waals surface area contributed by atoms with Crippen molar-refractivity contribution in [2.75, 3.05) is 13.2 Å². The van der Waals surface area contributed by atoms with Gasteiger partial charge in [0.2, 0.25) is 0 Å². The van der Waals surface area contributed by atoms with Crippen LogP contribution in [0.1, 0.15) is 65.4 Å². The molecule has 6 heteroatoms. The van der Waals surface area contributed by atoms with Crippen LogP contribution in [-0.2, 0) is 26.9 Å². The summed E-state index contributed by atoms with van der Waals surface area (Å²) in [4.78, 5) is 0. The summed E-state index contributed by atoms with van der Waals surface area (Å²) in [6, 6.07) is 33.9. The van der Waals surface area contributed by atoms with Crippen LogP contribution in [0.5, 0.6) is 0 Å². The minimum atomic E-state index is -2.57. The molecule has 0 aromatic heterocycles. The standard InChI is InChI=1S/C35H49NO3SSi/c1-5-17-33(36-40(37)35(2,3)4)41(31-20-11-7-12-21-31,32-22-13-8-14-23-32)28-30(26-29-18-9-6-10-19-29)27-39-34-24-15-16-25-38-34/h6-14,18-23,30,33-34,36H,5,15-17,24-28H2,1-4H3/t30?,33-,34?,40?/m1/s1. The van der Waals surface area contributed by atoms with Crippen LogP contribution in [0.4, 0.5) is 0 Å². The van der Waals surface area contributed by atoms with Crippen molar-refractivity contribution >= 4 is 29.4 Å². The molecule has 1 saturated heterocycles. The Balaban J connectivity index is 1.82. The van der Waals surface area contributed by atoms with Crippen LogP contribution in [0.2, 0.25) is 6.04 Å². The molecule has 1 N–H and O–H groups in total. The molecule has 0 aliphatic carbocycles. The topological polar surface area (TPSA) is 47.6 Å². The van der Waals surface area contributed by atoms with Crippen molar-refractivity contribution in [2.24, 2.45) is 5.92 Å². The SMILES string of the molecule is CCC[C@H](NS(=O)C(C)(C)C)[Si](CC(COC1CCCCO1)Cc1ccccc1)(c1ccccc1)c1ccccc1. The predicted octanol–water partition coefficient (Wildman–Crippen LogP) is 6.41. The summed E-state index contributed by atoms with van der Waals surface area (Å²) in [5.41, 5.74) is 1.43. The lowest BCUT2D eigenvalue weighted by Gasteiger charge is -2.43. The average Bonchev–Trinajstić information content (AvgIpc) is 3.00. The van der Waals surface area contributed by atoms with E-state index in [9.17, 15) is 4.21 Å². The summed E-state index contributed by atoms with van der Waals surface area (Å²) in [5, 5.41) is 2.77. The molecular formula is C35H49NO3SSi. The third kappa shape index (κ3) is 8.71. The van der Waals surface area contributed by atoms with Crippen LogP contribution < -0.4 is 15.1 Å².